The fourth-order valence-corrected chi connectivity index (χ4v) is 4.35. The van der Waals surface area contributed by atoms with Crippen LogP contribution in [0.2, 0.25) is 10.0 Å². The van der Waals surface area contributed by atoms with Crippen molar-refractivity contribution in [3.63, 3.8) is 0 Å². The van der Waals surface area contributed by atoms with Gasteiger partial charge in [-0.3, -0.25) is 4.79 Å². The third-order valence-corrected chi connectivity index (χ3v) is 6.34. The zero-order chi connectivity index (χ0) is 24.7. The molecule has 0 saturated carbocycles. The number of para-hydroxylation sites is 2. The van der Waals surface area contributed by atoms with Crippen molar-refractivity contribution in [2.75, 3.05) is 11.9 Å². The van der Waals surface area contributed by atoms with Crippen molar-refractivity contribution in [3.8, 4) is 0 Å². The Balaban J connectivity index is 0.000000349. The Kier molecular flexibility index (Phi) is 13.9. The van der Waals surface area contributed by atoms with E-state index in [-0.39, 0.29) is 60.3 Å². The van der Waals surface area contributed by atoms with E-state index in [0.717, 1.165) is 18.5 Å². The zero-order valence-corrected chi connectivity index (χ0v) is 24.7. The summed E-state index contributed by atoms with van der Waals surface area (Å²) in [6.07, 6.45) is 5.21. The second-order valence-corrected chi connectivity index (χ2v) is 8.85. The molecule has 188 valence electrons. The number of aliphatic carboxylic acids is 1. The molecule has 1 fully saturated rings. The molecule has 0 amide bonds. The molecule has 1 N–H and O–H groups in total. The fourth-order valence-electron chi connectivity index (χ4n) is 3.86. The molecule has 0 radical (unpaired) electrons. The summed E-state index contributed by atoms with van der Waals surface area (Å²) in [7, 11) is 1.97. The van der Waals surface area contributed by atoms with Crippen molar-refractivity contribution in [3.05, 3.63) is 76.3 Å². The second kappa shape index (κ2) is 15.5. The van der Waals surface area contributed by atoms with Crippen LogP contribution in [-0.4, -0.2) is 28.1 Å². The average Bonchev–Trinajstić information content (AvgIpc) is 3.37. The number of anilines is 2. The molecule has 0 aliphatic carbocycles. The maximum Gasteiger partial charge on any atom is 1.00 e. The van der Waals surface area contributed by atoms with Gasteiger partial charge in [0, 0.05) is 42.9 Å². The first kappa shape index (κ1) is 32.3. The number of imidazole rings is 1. The topological polar surface area (TPSA) is 96.3 Å². The molecular formula is C25H27Cl3N3NaO4. The number of halogens is 3. The van der Waals surface area contributed by atoms with Crippen LogP contribution in [0.4, 0.5) is 11.4 Å². The van der Waals surface area contributed by atoms with Crippen LogP contribution in [-0.2, 0) is 34.2 Å². The van der Waals surface area contributed by atoms with Crippen molar-refractivity contribution in [1.82, 2.24) is 9.55 Å². The molecule has 2 aromatic carbocycles. The minimum Gasteiger partial charge on any atom is -0.550 e. The standard InChI is InChI=1S/C14H11Cl2NO2.C11H16N2O2.ClH.Na/c15-10-5-3-6-11(16)14(10)17-12-7-2-1-4-9(12)8-13(18)19;1-3-10-8(6-15-11(10)14)4-9-5-12-7-13(9)2;;/h1-7,17H,8H2,(H,18,19);5,7-8,10H,3-4,6H2,1-2H3;1H;/q;;;+1/p-1/t;8-,10-;;/m.0../s1. The van der Waals surface area contributed by atoms with Crippen LogP contribution < -0.4 is 40.0 Å². The van der Waals surface area contributed by atoms with Crippen molar-refractivity contribution in [1.29, 1.82) is 0 Å². The van der Waals surface area contributed by atoms with Gasteiger partial charge in [0.05, 0.1) is 34.6 Å². The number of carbonyl (C=O) groups excluding carboxylic acids is 2. The molecule has 2 heterocycles. The van der Waals surface area contributed by atoms with E-state index < -0.39 is 5.97 Å². The molecule has 1 saturated heterocycles. The Morgan fingerprint density at radius 3 is 2.44 bits per heavy atom. The summed E-state index contributed by atoms with van der Waals surface area (Å²) in [5, 5.41) is 14.7. The first-order chi connectivity index (χ1) is 16.3. The van der Waals surface area contributed by atoms with E-state index in [2.05, 4.69) is 10.3 Å². The first-order valence-electron chi connectivity index (χ1n) is 10.9. The SMILES string of the molecule is CC[C@@H]1C(=O)OC[C@@H]1Cc1cncn1C.Cl.O=C([O-])Cc1ccccc1Nc1c(Cl)cccc1Cl.[Na+]. The Labute approximate surface area is 249 Å². The molecule has 1 aromatic heterocycles. The maximum atomic E-state index is 11.4. The van der Waals surface area contributed by atoms with E-state index in [1.807, 2.05) is 24.7 Å². The van der Waals surface area contributed by atoms with Gasteiger partial charge in [0.2, 0.25) is 0 Å². The largest absolute Gasteiger partial charge is 1.00 e. The van der Waals surface area contributed by atoms with Crippen LogP contribution in [0.15, 0.2) is 55.0 Å². The summed E-state index contributed by atoms with van der Waals surface area (Å²) in [4.78, 5) is 26.2. The Morgan fingerprint density at radius 1 is 1.19 bits per heavy atom. The van der Waals surface area contributed by atoms with Gasteiger partial charge in [0.1, 0.15) is 0 Å². The van der Waals surface area contributed by atoms with Crippen molar-refractivity contribution >= 4 is 58.9 Å². The first-order valence-corrected chi connectivity index (χ1v) is 11.7. The second-order valence-electron chi connectivity index (χ2n) is 8.03. The Hall–Kier alpha value is -1.74. The van der Waals surface area contributed by atoms with Crippen LogP contribution >= 0.6 is 35.6 Å². The van der Waals surface area contributed by atoms with Gasteiger partial charge < -0.3 is 24.5 Å². The van der Waals surface area contributed by atoms with E-state index in [1.165, 1.54) is 0 Å². The van der Waals surface area contributed by atoms with E-state index in [9.17, 15) is 14.7 Å². The van der Waals surface area contributed by atoms with Crippen LogP contribution in [0, 0.1) is 11.8 Å². The molecule has 0 bridgehead atoms. The van der Waals surface area contributed by atoms with Gasteiger partial charge >= 0.3 is 35.5 Å². The van der Waals surface area contributed by atoms with Crippen LogP contribution in [0.5, 0.6) is 0 Å². The van der Waals surface area contributed by atoms with Gasteiger partial charge in [-0.15, -0.1) is 12.4 Å². The predicted octanol–water partition coefficient (Wildman–Crippen LogP) is 1.62. The average molecular weight is 563 g/mol. The van der Waals surface area contributed by atoms with Crippen LogP contribution in [0.25, 0.3) is 0 Å². The monoisotopic (exact) mass is 561 g/mol. The van der Waals surface area contributed by atoms with Gasteiger partial charge in [-0.25, -0.2) is 4.98 Å². The van der Waals surface area contributed by atoms with Crippen LogP contribution in [0.3, 0.4) is 0 Å². The minimum absolute atomic E-state index is 0. The molecule has 1 aliphatic rings. The van der Waals surface area contributed by atoms with Crippen LogP contribution in [0.1, 0.15) is 24.6 Å². The summed E-state index contributed by atoms with van der Waals surface area (Å²) in [6, 6.07) is 12.2. The molecule has 36 heavy (non-hydrogen) atoms. The molecule has 3 aromatic rings. The number of hydrogen-bond acceptors (Lipinski definition) is 6. The molecule has 4 rings (SSSR count). The normalized spacial score (nSPS) is 16.1. The minimum atomic E-state index is -1.14. The van der Waals surface area contributed by atoms with Crippen molar-refractivity contribution in [2.24, 2.45) is 18.9 Å². The summed E-state index contributed by atoms with van der Waals surface area (Å²) in [6.45, 7) is 2.59. The van der Waals surface area contributed by atoms with Gasteiger partial charge in [0.25, 0.3) is 0 Å². The summed E-state index contributed by atoms with van der Waals surface area (Å²) >= 11 is 12.1. The number of aryl methyl sites for hydroxylation is 1. The number of ether oxygens (including phenoxy) is 1. The van der Waals surface area contributed by atoms with Gasteiger partial charge in [-0.05, 0) is 36.6 Å². The zero-order valence-electron chi connectivity index (χ0n) is 20.4. The van der Waals surface area contributed by atoms with E-state index in [1.54, 1.807) is 48.8 Å². The van der Waals surface area contributed by atoms with Crippen molar-refractivity contribution in [2.45, 2.75) is 26.2 Å². The number of carboxylic acid groups (broad SMARTS) is 1. The number of esters is 1. The number of rotatable bonds is 7. The molecule has 0 unspecified atom stereocenters. The Morgan fingerprint density at radius 2 is 1.86 bits per heavy atom. The molecule has 0 spiro atoms. The summed E-state index contributed by atoms with van der Waals surface area (Å²) in [5.41, 5.74) is 2.97. The number of aromatic nitrogens is 2. The number of hydrogen-bond donors (Lipinski definition) is 1. The third kappa shape index (κ3) is 8.68. The fraction of sp³-hybridized carbons (Fsp3) is 0.320. The van der Waals surface area contributed by atoms with Gasteiger partial charge in [-0.1, -0.05) is 54.4 Å². The van der Waals surface area contributed by atoms with Gasteiger partial charge in [-0.2, -0.15) is 0 Å². The summed E-state index contributed by atoms with van der Waals surface area (Å²) < 4.78 is 7.08. The molecule has 11 heteroatoms. The van der Waals surface area contributed by atoms with E-state index >= 15 is 0 Å². The van der Waals surface area contributed by atoms with Gasteiger partial charge in [0.15, 0.2) is 0 Å². The number of nitrogens with zero attached hydrogens (tertiary/aromatic N) is 2. The summed E-state index contributed by atoms with van der Waals surface area (Å²) in [5.74, 6) is -0.790. The number of cyclic esters (lactones) is 1. The quantitative estimate of drug-likeness (QED) is 0.347. The number of carbonyl (C=O) groups is 2. The smallest absolute Gasteiger partial charge is 0.550 e. The van der Waals surface area contributed by atoms with E-state index in [0.29, 0.717) is 39.5 Å². The predicted molar refractivity (Wildman–Crippen MR) is 137 cm³/mol. The molecule has 7 nitrogen and oxygen atoms in total. The van der Waals surface area contributed by atoms with E-state index in [4.69, 9.17) is 27.9 Å². The third-order valence-electron chi connectivity index (χ3n) is 5.71. The number of benzene rings is 2. The maximum absolute atomic E-state index is 11.4. The van der Waals surface area contributed by atoms with Crippen molar-refractivity contribution < 1.29 is 49.0 Å². The number of nitrogens with one attached hydrogen (secondary N) is 1. The molecule has 2 atom stereocenters. The molecular weight excluding hydrogens is 536 g/mol. The Bertz CT molecular complexity index is 1140. The number of carboxylic acids is 1. The molecule has 1 aliphatic heterocycles.